The minimum atomic E-state index is -2.75. The van der Waals surface area contributed by atoms with Crippen LogP contribution in [0, 0.1) is 35.5 Å². The molecule has 96 heavy (non-hydrogen) atoms. The molecule has 3 amide bonds. The molecule has 9 aliphatic rings. The van der Waals surface area contributed by atoms with Crippen molar-refractivity contribution in [2.45, 2.75) is 91.8 Å². The fourth-order valence-corrected chi connectivity index (χ4v) is 16.5. The van der Waals surface area contributed by atoms with E-state index in [4.69, 9.17) is 17.2 Å². The van der Waals surface area contributed by atoms with Crippen LogP contribution in [0.1, 0.15) is 73.4 Å². The van der Waals surface area contributed by atoms with Crippen LogP contribution in [0.4, 0.5) is 0 Å². The maximum Gasteiger partial charge on any atom is 0.255 e. The third-order valence-electron chi connectivity index (χ3n) is 21.1. The topological polar surface area (TPSA) is 545 Å². The van der Waals surface area contributed by atoms with Crippen LogP contribution in [-0.4, -0.2) is 221 Å². The standard InChI is InChI=1S/3C22H24N2O8/c3*1-21(31)8-5-4-6-11(25)12(8)16(26)13-9(21)7-10-15(24(2)3)17(27)14(20(23)30)19(29)22(10,32)18(13)28/h3*4-6,9-10,15,25-26,29,31-32H,7H2,1-3H3,(H2,23,30)/t3*9-,10-,15-,21+,22-/m000/s1. The molecular weight excluding hydrogens is 1260 g/mol. The number of carbonyl (C=O) groups is 9. The average Bonchev–Trinajstić information content (AvgIpc) is 0.703. The number of hydrogen-bond donors (Lipinski definition) is 18. The summed E-state index contributed by atoms with van der Waals surface area (Å²) < 4.78 is 0. The molecule has 510 valence electrons. The summed E-state index contributed by atoms with van der Waals surface area (Å²) in [5.74, 6) is -23.7. The van der Waals surface area contributed by atoms with E-state index in [1.54, 1.807) is 0 Å². The van der Waals surface area contributed by atoms with E-state index in [2.05, 4.69) is 0 Å². The molecule has 0 saturated heterocycles. The van der Waals surface area contributed by atoms with Gasteiger partial charge in [0.05, 0.1) is 51.6 Å². The van der Waals surface area contributed by atoms with Gasteiger partial charge in [-0.2, -0.15) is 0 Å². The second-order valence-corrected chi connectivity index (χ2v) is 26.9. The van der Waals surface area contributed by atoms with Gasteiger partial charge in [0.2, 0.25) is 17.3 Å². The van der Waals surface area contributed by atoms with E-state index >= 15 is 0 Å². The molecule has 0 heterocycles. The Morgan fingerprint density at radius 1 is 0.385 bits per heavy atom. The van der Waals surface area contributed by atoms with Gasteiger partial charge in [0.15, 0.2) is 34.2 Å². The Kier molecular flexibility index (Phi) is 16.2. The predicted molar refractivity (Wildman–Crippen MR) is 330 cm³/mol. The van der Waals surface area contributed by atoms with Gasteiger partial charge in [-0.3, -0.25) is 57.9 Å². The predicted octanol–water partition coefficient (Wildman–Crippen LogP) is -1.11. The van der Waals surface area contributed by atoms with Crippen molar-refractivity contribution in [1.29, 1.82) is 0 Å². The van der Waals surface area contributed by atoms with Gasteiger partial charge in [0, 0.05) is 52.2 Å². The molecule has 3 aromatic carbocycles. The number of fused-ring (bicyclic) bond motifs is 9. The van der Waals surface area contributed by atoms with Crippen molar-refractivity contribution < 1.29 is 120 Å². The lowest BCUT2D eigenvalue weighted by Crippen LogP contribution is -2.67. The fraction of sp³-hybridized carbons (Fsp3) is 0.409. The quantitative estimate of drug-likeness (QED) is 0.130. The lowest BCUT2D eigenvalue weighted by molar-refractivity contribution is -0.160. The normalized spacial score (nSPS) is 34.4. The van der Waals surface area contributed by atoms with Gasteiger partial charge in [-0.25, -0.2) is 0 Å². The first-order chi connectivity index (χ1) is 44.3. The molecule has 0 radical (unpaired) electrons. The van der Waals surface area contributed by atoms with Crippen LogP contribution in [-0.2, 0) is 60.0 Å². The van der Waals surface area contributed by atoms with Crippen LogP contribution >= 0.6 is 0 Å². The van der Waals surface area contributed by atoms with Crippen molar-refractivity contribution in [2.24, 2.45) is 52.7 Å². The zero-order valence-corrected chi connectivity index (χ0v) is 53.0. The number of aliphatic hydroxyl groups excluding tert-OH is 6. The van der Waals surface area contributed by atoms with Crippen molar-refractivity contribution in [3.05, 3.63) is 139 Å². The van der Waals surface area contributed by atoms with Crippen molar-refractivity contribution in [2.75, 3.05) is 42.3 Å². The number of phenolic OH excluding ortho intramolecular Hbond substituents is 3. The van der Waals surface area contributed by atoms with Crippen molar-refractivity contribution in [3.8, 4) is 17.2 Å². The van der Waals surface area contributed by atoms with Crippen LogP contribution in [0.25, 0.3) is 17.3 Å². The van der Waals surface area contributed by atoms with E-state index < -0.39 is 225 Å². The number of hydrogen-bond acceptors (Lipinski definition) is 27. The van der Waals surface area contributed by atoms with Gasteiger partial charge in [-0.15, -0.1) is 0 Å². The van der Waals surface area contributed by atoms with Crippen molar-refractivity contribution in [3.63, 3.8) is 0 Å². The fourth-order valence-electron chi connectivity index (χ4n) is 16.5. The molecule has 0 unspecified atom stereocenters. The van der Waals surface area contributed by atoms with E-state index in [9.17, 15) is 120 Å². The molecule has 12 rings (SSSR count). The van der Waals surface area contributed by atoms with Crippen LogP contribution < -0.4 is 17.2 Å². The highest BCUT2D eigenvalue weighted by atomic mass is 16.4. The molecule has 21 N–H and O–H groups in total. The first-order valence-corrected chi connectivity index (χ1v) is 29.9. The van der Waals surface area contributed by atoms with Gasteiger partial charge in [-0.05, 0) is 117 Å². The highest BCUT2D eigenvalue weighted by Gasteiger charge is 2.70. The van der Waals surface area contributed by atoms with Crippen molar-refractivity contribution in [1.82, 2.24) is 14.7 Å². The van der Waals surface area contributed by atoms with Gasteiger partial charge >= 0.3 is 0 Å². The number of ketones is 6. The number of benzene rings is 3. The third kappa shape index (κ3) is 9.06. The Labute approximate surface area is 545 Å². The zero-order chi connectivity index (χ0) is 71.7. The smallest absolute Gasteiger partial charge is 0.255 e. The van der Waals surface area contributed by atoms with Crippen molar-refractivity contribution >= 4 is 69.7 Å². The summed E-state index contributed by atoms with van der Waals surface area (Å²) in [7, 11) is 9.02. The highest BCUT2D eigenvalue weighted by Crippen LogP contribution is 2.61. The molecule has 3 saturated carbocycles. The molecule has 0 bridgehead atoms. The highest BCUT2D eigenvalue weighted by molar-refractivity contribution is 6.27. The Morgan fingerprint density at radius 3 is 0.781 bits per heavy atom. The lowest BCUT2D eigenvalue weighted by atomic mass is 9.54. The number of phenols is 3. The zero-order valence-electron chi connectivity index (χ0n) is 53.0. The molecule has 3 fully saturated rings. The number of amides is 3. The number of primary amides is 3. The summed E-state index contributed by atoms with van der Waals surface area (Å²) in [6.07, 6.45) is -0.600. The summed E-state index contributed by atoms with van der Waals surface area (Å²) in [4.78, 5) is 120. The van der Waals surface area contributed by atoms with Crippen LogP contribution in [0.2, 0.25) is 0 Å². The minimum absolute atomic E-state index is 0.170. The molecule has 9 aliphatic carbocycles. The maximum atomic E-state index is 13.7. The van der Waals surface area contributed by atoms with E-state index in [1.807, 2.05) is 0 Å². The Hall–Kier alpha value is -9.63. The summed E-state index contributed by atoms with van der Waals surface area (Å²) in [6, 6.07) is 9.05. The monoisotopic (exact) mass is 1330 g/mol. The average molecular weight is 1330 g/mol. The molecule has 15 atom stereocenters. The second kappa shape index (κ2) is 22.5. The number of likely N-dealkylation sites (N-methyl/N-ethyl adjacent to an activating group) is 3. The molecule has 3 aromatic rings. The van der Waals surface area contributed by atoms with Gasteiger partial charge < -0.3 is 93.8 Å². The summed E-state index contributed by atoms with van der Waals surface area (Å²) in [5.41, 5.74) is -1.64. The number of nitrogens with two attached hydrogens (primary N) is 3. The SMILES string of the molecule is CN(C)[C@@H]1C(=O)C(C(N)=O)=C(O)[C@@]2(O)C(=O)C3=C(O)c4c(O)cccc4[C@@](C)(O)[C@H]3C[C@@H]12.CN(C)[C@@H]1C(=O)C(C(N)=O)=C(O)[C@@]2(O)C(=O)C3=C(O)c4c(O)cccc4[C@@](C)(O)[C@H]3C[C@@H]12.CN(C)[C@@H]1C(=O)C(C(N)=O)=C(O)[C@@]2(O)C(=O)C3=C(O)c4c(O)cccc4[C@@](C)(O)[C@H]3C[C@@H]12. The van der Waals surface area contributed by atoms with E-state index in [0.29, 0.717) is 0 Å². The number of rotatable bonds is 6. The molecule has 30 heteroatoms. The summed E-state index contributed by atoms with van der Waals surface area (Å²) in [5, 5.41) is 165. The van der Waals surface area contributed by atoms with E-state index in [-0.39, 0.29) is 52.6 Å². The Morgan fingerprint density at radius 2 is 0.594 bits per heavy atom. The lowest BCUT2D eigenvalue weighted by Gasteiger charge is -2.53. The Balaban J connectivity index is 0.000000157. The molecular formula is C66H72N6O24. The minimum Gasteiger partial charge on any atom is -0.508 e. The Bertz CT molecular complexity index is 3870. The number of carbonyl (C=O) groups excluding carboxylic acids is 9. The number of nitrogens with zero attached hydrogens (tertiary/aromatic N) is 3. The largest absolute Gasteiger partial charge is 0.508 e. The van der Waals surface area contributed by atoms with Gasteiger partial charge in [-0.1, -0.05) is 36.4 Å². The first-order valence-electron chi connectivity index (χ1n) is 29.9. The summed E-state index contributed by atoms with van der Waals surface area (Å²) in [6.45, 7) is 4.21. The third-order valence-corrected chi connectivity index (χ3v) is 21.1. The van der Waals surface area contributed by atoms with E-state index in [0.717, 1.165) is 0 Å². The molecule has 30 nitrogen and oxygen atoms in total. The summed E-state index contributed by atoms with van der Waals surface area (Å²) >= 11 is 0. The maximum absolute atomic E-state index is 13.7. The van der Waals surface area contributed by atoms with Gasteiger partial charge in [0.1, 0.15) is 68.5 Å². The molecule has 0 aliphatic heterocycles. The number of aliphatic hydroxyl groups is 12. The van der Waals surface area contributed by atoms with E-state index in [1.165, 1.54) is 132 Å². The molecule has 0 spiro atoms. The van der Waals surface area contributed by atoms with Gasteiger partial charge in [0.25, 0.3) is 17.7 Å². The first kappa shape index (κ1) is 69.2. The van der Waals surface area contributed by atoms with Crippen LogP contribution in [0.15, 0.2) is 105 Å². The second-order valence-electron chi connectivity index (χ2n) is 26.9. The van der Waals surface area contributed by atoms with Crippen LogP contribution in [0.5, 0.6) is 17.2 Å². The molecule has 0 aromatic heterocycles. The number of aromatic hydroxyl groups is 3. The number of Topliss-reactive ketones (excluding diaryl/α,β-unsaturated/α-hetero) is 6. The van der Waals surface area contributed by atoms with Crippen LogP contribution in [0.3, 0.4) is 0 Å².